The predicted octanol–water partition coefficient (Wildman–Crippen LogP) is 6.66. The molecule has 2 aromatic carbocycles. The molecule has 0 saturated carbocycles. The van der Waals surface area contributed by atoms with E-state index in [9.17, 15) is 8.63 Å². The Morgan fingerprint density at radius 3 is 1.85 bits per heavy atom. The van der Waals surface area contributed by atoms with Crippen LogP contribution in [-0.4, -0.2) is 52.3 Å². The summed E-state index contributed by atoms with van der Waals surface area (Å²) >= 11 is 0. The second-order valence-corrected chi connectivity index (χ2v) is 10.3. The summed E-state index contributed by atoms with van der Waals surface area (Å²) in [4.78, 5) is 8.85. The molecule has 8 heteroatoms. The fourth-order valence-electron chi connectivity index (χ4n) is 4.77. The third kappa shape index (κ3) is 6.34. The zero-order chi connectivity index (χ0) is 29.0. The fraction of sp³-hybridized carbons (Fsp3) is 0.219. The largest absolute Gasteiger partial charge is 0.678 e. The van der Waals surface area contributed by atoms with Crippen molar-refractivity contribution in [2.75, 3.05) is 44.5 Å². The average Bonchev–Trinajstić information content (AvgIpc) is 3.46. The lowest BCUT2D eigenvalue weighted by atomic mass is 10.0. The van der Waals surface area contributed by atoms with E-state index in [1.165, 1.54) is 0 Å². The van der Waals surface area contributed by atoms with Gasteiger partial charge in [0.15, 0.2) is 0 Å². The highest BCUT2D eigenvalue weighted by molar-refractivity contribution is 6.42. The number of hydrogen-bond acceptors (Lipinski definition) is 4. The molecule has 0 amide bonds. The lowest BCUT2D eigenvalue weighted by Crippen LogP contribution is -2.20. The van der Waals surface area contributed by atoms with Crippen molar-refractivity contribution in [2.24, 2.45) is 10.7 Å². The molecule has 0 radical (unpaired) electrons. The van der Waals surface area contributed by atoms with Crippen LogP contribution in [0.1, 0.15) is 35.0 Å². The molecule has 5 nitrogen and oxygen atoms in total. The Labute approximate surface area is 236 Å². The van der Waals surface area contributed by atoms with Crippen LogP contribution >= 0.6 is 0 Å². The van der Waals surface area contributed by atoms with Gasteiger partial charge in [0.25, 0.3) is 0 Å². The first-order chi connectivity index (χ1) is 19.1. The standard InChI is InChI=1S/C32H36BF2N5/c1-22-19-26(13-7-24-8-14-27(15-9-24)38(3)4)37-31(22)30(21-36)32-23(2)20-29(40(32)33(34)35)18-12-25-10-16-28(17-11-25)39(5)6/h7-20H,21,36H2,1-6H3/b13-7+,18-12+,31-30-. The number of aromatic nitrogens is 1. The van der Waals surface area contributed by atoms with Gasteiger partial charge < -0.3 is 20.0 Å². The van der Waals surface area contributed by atoms with Crippen molar-refractivity contribution in [1.82, 2.24) is 4.48 Å². The van der Waals surface area contributed by atoms with Gasteiger partial charge in [-0.15, -0.1) is 0 Å². The predicted molar refractivity (Wildman–Crippen MR) is 169 cm³/mol. The molecule has 3 aromatic rings. The number of anilines is 2. The summed E-state index contributed by atoms with van der Waals surface area (Å²) in [7, 11) is 5.22. The van der Waals surface area contributed by atoms with Crippen molar-refractivity contribution < 1.29 is 8.63 Å². The zero-order valence-corrected chi connectivity index (χ0v) is 24.0. The molecule has 4 rings (SSSR count). The Kier molecular flexibility index (Phi) is 8.90. The summed E-state index contributed by atoms with van der Waals surface area (Å²) in [6, 6.07) is 17.9. The van der Waals surface area contributed by atoms with Crippen LogP contribution in [0.2, 0.25) is 0 Å². The highest BCUT2D eigenvalue weighted by Gasteiger charge is 2.28. The fourth-order valence-corrected chi connectivity index (χ4v) is 4.77. The minimum absolute atomic E-state index is 0.0831. The minimum Gasteiger partial charge on any atom is -0.378 e. The van der Waals surface area contributed by atoms with Crippen molar-refractivity contribution in [3.05, 3.63) is 106 Å². The first-order valence-corrected chi connectivity index (χ1v) is 13.2. The normalized spacial score (nSPS) is 14.6. The lowest BCUT2D eigenvalue weighted by Gasteiger charge is -2.14. The van der Waals surface area contributed by atoms with E-state index < -0.39 is 7.40 Å². The quantitative estimate of drug-likeness (QED) is 0.310. The van der Waals surface area contributed by atoms with Crippen LogP contribution in [0.3, 0.4) is 0 Å². The Hall–Kier alpha value is -4.17. The van der Waals surface area contributed by atoms with Crippen LogP contribution < -0.4 is 15.5 Å². The Morgan fingerprint density at radius 1 is 0.850 bits per heavy atom. The number of allylic oxidation sites excluding steroid dienone is 3. The Morgan fingerprint density at radius 2 is 1.38 bits per heavy atom. The Bertz CT molecular complexity index is 1510. The monoisotopic (exact) mass is 539 g/mol. The van der Waals surface area contributed by atoms with Gasteiger partial charge >= 0.3 is 7.40 Å². The van der Waals surface area contributed by atoms with Gasteiger partial charge in [-0.3, -0.25) is 8.63 Å². The third-order valence-electron chi connectivity index (χ3n) is 6.92. The van der Waals surface area contributed by atoms with E-state index >= 15 is 0 Å². The van der Waals surface area contributed by atoms with Crippen LogP contribution in [0, 0.1) is 6.92 Å². The van der Waals surface area contributed by atoms with Gasteiger partial charge in [0.05, 0.1) is 11.4 Å². The first-order valence-electron chi connectivity index (χ1n) is 13.2. The van der Waals surface area contributed by atoms with E-state index in [1.807, 2.05) is 113 Å². The third-order valence-corrected chi connectivity index (χ3v) is 6.92. The van der Waals surface area contributed by atoms with Crippen LogP contribution in [0.4, 0.5) is 20.0 Å². The van der Waals surface area contributed by atoms with E-state index in [0.29, 0.717) is 22.7 Å². The van der Waals surface area contributed by atoms with Crippen molar-refractivity contribution in [2.45, 2.75) is 13.8 Å². The number of benzene rings is 2. The van der Waals surface area contributed by atoms with E-state index in [4.69, 9.17) is 10.7 Å². The smallest absolute Gasteiger partial charge is 0.378 e. The number of halogens is 2. The molecule has 1 aromatic heterocycles. The molecule has 0 spiro atoms. The maximum absolute atomic E-state index is 14.5. The molecule has 2 heterocycles. The highest BCUT2D eigenvalue weighted by atomic mass is 19.2. The van der Waals surface area contributed by atoms with Crippen LogP contribution in [-0.2, 0) is 0 Å². The van der Waals surface area contributed by atoms with Gasteiger partial charge in [-0.25, -0.2) is 4.99 Å². The summed E-state index contributed by atoms with van der Waals surface area (Å²) in [5, 5.41) is 0. The van der Waals surface area contributed by atoms with Crippen molar-refractivity contribution in [3.8, 4) is 0 Å². The van der Waals surface area contributed by atoms with Gasteiger partial charge in [0.1, 0.15) is 0 Å². The molecular formula is C32H36BF2N5. The van der Waals surface area contributed by atoms with Gasteiger partial charge in [-0.1, -0.05) is 36.4 Å². The van der Waals surface area contributed by atoms with Crippen LogP contribution in [0.25, 0.3) is 23.8 Å². The summed E-state index contributed by atoms with van der Waals surface area (Å²) in [5.74, 6) is 0. The molecule has 1 aliphatic rings. The van der Waals surface area contributed by atoms with E-state index in [-0.39, 0.29) is 6.54 Å². The molecule has 0 atom stereocenters. The number of nitrogens with two attached hydrogens (primary N) is 1. The second-order valence-electron chi connectivity index (χ2n) is 10.3. The minimum atomic E-state index is -2.74. The maximum Gasteiger partial charge on any atom is 0.678 e. The molecule has 0 bridgehead atoms. The van der Waals surface area contributed by atoms with Gasteiger partial charge in [0.2, 0.25) is 0 Å². The van der Waals surface area contributed by atoms with E-state index in [1.54, 1.807) is 12.1 Å². The summed E-state index contributed by atoms with van der Waals surface area (Å²) in [5.41, 5.74) is 14.8. The molecule has 40 heavy (non-hydrogen) atoms. The molecule has 0 saturated heterocycles. The molecule has 206 valence electrons. The second kappa shape index (κ2) is 12.3. The van der Waals surface area contributed by atoms with Gasteiger partial charge in [0, 0.05) is 63.1 Å². The number of nitrogens with zero attached hydrogens (tertiary/aromatic N) is 4. The van der Waals surface area contributed by atoms with Crippen molar-refractivity contribution in [1.29, 1.82) is 0 Å². The van der Waals surface area contributed by atoms with Crippen LogP contribution in [0.5, 0.6) is 0 Å². The zero-order valence-electron chi connectivity index (χ0n) is 24.0. The average molecular weight is 539 g/mol. The number of aliphatic imine (C=N–C) groups is 1. The topological polar surface area (TPSA) is 49.8 Å². The summed E-state index contributed by atoms with van der Waals surface area (Å²) < 4.78 is 30.1. The molecular weight excluding hydrogens is 503 g/mol. The number of rotatable bonds is 9. The molecule has 2 N–H and O–H groups in total. The molecule has 0 aliphatic carbocycles. The van der Waals surface area contributed by atoms with Gasteiger partial charge in [-0.2, -0.15) is 0 Å². The summed E-state index contributed by atoms with van der Waals surface area (Å²) in [6.45, 7) is 3.85. The van der Waals surface area contributed by atoms with Crippen LogP contribution in [0.15, 0.2) is 83.0 Å². The molecule has 0 unspecified atom stereocenters. The number of aryl methyl sites for hydroxylation is 1. The molecule has 0 fully saturated rings. The molecule has 1 aliphatic heterocycles. The Balaban J connectivity index is 1.68. The summed E-state index contributed by atoms with van der Waals surface area (Å²) in [6.07, 6.45) is 9.46. The van der Waals surface area contributed by atoms with Crippen molar-refractivity contribution >= 4 is 48.3 Å². The highest BCUT2D eigenvalue weighted by Crippen LogP contribution is 2.33. The van der Waals surface area contributed by atoms with Crippen molar-refractivity contribution in [3.63, 3.8) is 0 Å². The first kappa shape index (κ1) is 28.8. The number of hydrogen-bond donors (Lipinski definition) is 1. The SMILES string of the molecule is CC1=CC(/C=C/c2ccc(N(C)C)cc2)=NC/1=C(/CN)c1c(C)cc(/C=C/c2ccc(N(C)C)cc2)n1B(F)F. The maximum atomic E-state index is 14.5. The van der Waals surface area contributed by atoms with E-state index in [2.05, 4.69) is 12.1 Å². The van der Waals surface area contributed by atoms with E-state index in [0.717, 1.165) is 43.8 Å². The van der Waals surface area contributed by atoms with Gasteiger partial charge in [-0.05, 0) is 84.7 Å². The lowest BCUT2D eigenvalue weighted by molar-refractivity contribution is 0.626.